The number of aryl methyl sites for hydroxylation is 1. The van der Waals surface area contributed by atoms with Gasteiger partial charge in [0.15, 0.2) is 0 Å². The predicted octanol–water partition coefficient (Wildman–Crippen LogP) is -0.264. The number of carbonyl (C=O) groups excluding carboxylic acids is 1. The molecule has 2 aliphatic rings. The van der Waals surface area contributed by atoms with E-state index in [0.717, 1.165) is 32.7 Å². The molecule has 0 saturated carbocycles. The highest BCUT2D eigenvalue weighted by Crippen LogP contribution is 2.22. The van der Waals surface area contributed by atoms with Crippen molar-refractivity contribution in [1.82, 2.24) is 23.9 Å². The van der Waals surface area contributed by atoms with Gasteiger partial charge in [0.2, 0.25) is 15.9 Å². The van der Waals surface area contributed by atoms with E-state index in [4.69, 9.17) is 0 Å². The second-order valence-electron chi connectivity index (χ2n) is 7.06. The van der Waals surface area contributed by atoms with E-state index in [1.165, 1.54) is 16.1 Å². The summed E-state index contributed by atoms with van der Waals surface area (Å²) in [5, 5.41) is 4.19. The molecule has 8 nitrogen and oxygen atoms in total. The van der Waals surface area contributed by atoms with Crippen LogP contribution in [-0.2, 0) is 28.4 Å². The molecular formula is C16H27N5O3S. The summed E-state index contributed by atoms with van der Waals surface area (Å²) in [6, 6.07) is 0. The zero-order valence-electron chi connectivity index (χ0n) is 15.0. The lowest BCUT2D eigenvalue weighted by molar-refractivity contribution is -0.138. The summed E-state index contributed by atoms with van der Waals surface area (Å²) < 4.78 is 26.4. The molecule has 1 aromatic heterocycles. The third-order valence-corrected chi connectivity index (χ3v) is 6.42. The number of hydrogen-bond donors (Lipinski definition) is 0. The first-order chi connectivity index (χ1) is 11.8. The fraction of sp³-hybridized carbons (Fsp3) is 0.750. The van der Waals surface area contributed by atoms with Gasteiger partial charge in [0, 0.05) is 70.5 Å². The number of carbonyl (C=O) groups is 1. The molecule has 0 unspecified atom stereocenters. The van der Waals surface area contributed by atoms with E-state index in [0.29, 0.717) is 25.9 Å². The minimum atomic E-state index is -3.14. The number of nitrogens with zero attached hydrogens (tertiary/aromatic N) is 5. The largest absolute Gasteiger partial charge is 0.340 e. The molecule has 2 fully saturated rings. The standard InChI is InChI=1S/C16H27N5O3S/c1-18-12-14(11-17-18)13-19-7-9-20(10-8-19)16(22)15-3-5-21(6-4-15)25(2,23)24/h11-12,15H,3-10,13H2,1-2H3. The van der Waals surface area contributed by atoms with Gasteiger partial charge in [-0.1, -0.05) is 0 Å². The van der Waals surface area contributed by atoms with Gasteiger partial charge in [0.05, 0.1) is 12.5 Å². The topological polar surface area (TPSA) is 78.8 Å². The van der Waals surface area contributed by atoms with Crippen molar-refractivity contribution in [2.75, 3.05) is 45.5 Å². The highest BCUT2D eigenvalue weighted by atomic mass is 32.2. The Morgan fingerprint density at radius 1 is 1.16 bits per heavy atom. The molecule has 3 rings (SSSR count). The average molecular weight is 369 g/mol. The molecule has 3 heterocycles. The van der Waals surface area contributed by atoms with Crippen LogP contribution < -0.4 is 0 Å². The molecule has 1 amide bonds. The Bertz CT molecular complexity index is 701. The molecular weight excluding hydrogens is 342 g/mol. The van der Waals surface area contributed by atoms with Crippen LogP contribution in [0.25, 0.3) is 0 Å². The molecule has 0 atom stereocenters. The normalized spacial score (nSPS) is 21.6. The lowest BCUT2D eigenvalue weighted by Crippen LogP contribution is -2.51. The Labute approximate surface area is 149 Å². The van der Waals surface area contributed by atoms with Crippen molar-refractivity contribution in [3.8, 4) is 0 Å². The first kappa shape index (κ1) is 18.3. The van der Waals surface area contributed by atoms with Crippen molar-refractivity contribution >= 4 is 15.9 Å². The summed E-state index contributed by atoms with van der Waals surface area (Å²) >= 11 is 0. The quantitative estimate of drug-likeness (QED) is 0.730. The molecule has 1 aromatic rings. The second-order valence-corrected chi connectivity index (χ2v) is 9.04. The molecule has 0 bridgehead atoms. The van der Waals surface area contributed by atoms with Crippen LogP contribution in [0, 0.1) is 5.92 Å². The van der Waals surface area contributed by atoms with Gasteiger partial charge in [-0.3, -0.25) is 14.4 Å². The molecule has 0 N–H and O–H groups in total. The Hall–Kier alpha value is -1.45. The van der Waals surface area contributed by atoms with Gasteiger partial charge in [-0.2, -0.15) is 5.10 Å². The summed E-state index contributed by atoms with van der Waals surface area (Å²) in [6.07, 6.45) is 6.39. The number of aromatic nitrogens is 2. The summed E-state index contributed by atoms with van der Waals surface area (Å²) in [5.74, 6) is 0.150. The Kier molecular flexibility index (Phi) is 5.45. The van der Waals surface area contributed by atoms with Crippen molar-refractivity contribution in [2.45, 2.75) is 19.4 Å². The highest BCUT2D eigenvalue weighted by Gasteiger charge is 2.32. The maximum Gasteiger partial charge on any atom is 0.225 e. The maximum absolute atomic E-state index is 12.7. The average Bonchev–Trinajstić information content (AvgIpc) is 2.99. The zero-order chi connectivity index (χ0) is 18.0. The van der Waals surface area contributed by atoms with Crippen LogP contribution >= 0.6 is 0 Å². The fourth-order valence-corrected chi connectivity index (χ4v) is 4.50. The van der Waals surface area contributed by atoms with E-state index in [2.05, 4.69) is 10.00 Å². The van der Waals surface area contributed by atoms with Crippen LogP contribution in [0.4, 0.5) is 0 Å². The van der Waals surface area contributed by atoms with Gasteiger partial charge in [0.1, 0.15) is 0 Å². The SMILES string of the molecule is Cn1cc(CN2CCN(C(=O)C3CCN(S(C)(=O)=O)CC3)CC2)cn1. The molecule has 2 saturated heterocycles. The van der Waals surface area contributed by atoms with E-state index in [9.17, 15) is 13.2 Å². The van der Waals surface area contributed by atoms with Crippen molar-refractivity contribution in [1.29, 1.82) is 0 Å². The van der Waals surface area contributed by atoms with E-state index in [1.54, 1.807) is 4.68 Å². The summed E-state index contributed by atoms with van der Waals surface area (Å²) in [7, 11) is -1.23. The predicted molar refractivity (Wildman–Crippen MR) is 94.2 cm³/mol. The summed E-state index contributed by atoms with van der Waals surface area (Å²) in [5.41, 5.74) is 1.19. The van der Waals surface area contributed by atoms with Gasteiger partial charge in [-0.05, 0) is 12.8 Å². The monoisotopic (exact) mass is 369 g/mol. The summed E-state index contributed by atoms with van der Waals surface area (Å²) in [6.45, 7) is 4.98. The zero-order valence-corrected chi connectivity index (χ0v) is 15.8. The Morgan fingerprint density at radius 3 is 2.32 bits per heavy atom. The van der Waals surface area contributed by atoms with Crippen LogP contribution in [0.5, 0.6) is 0 Å². The van der Waals surface area contributed by atoms with Gasteiger partial charge in [-0.25, -0.2) is 12.7 Å². The van der Waals surface area contributed by atoms with Crippen molar-refractivity contribution < 1.29 is 13.2 Å². The number of hydrogen-bond acceptors (Lipinski definition) is 5. The number of amides is 1. The summed E-state index contributed by atoms with van der Waals surface area (Å²) in [4.78, 5) is 17.0. The highest BCUT2D eigenvalue weighted by molar-refractivity contribution is 7.88. The molecule has 140 valence electrons. The van der Waals surface area contributed by atoms with Crippen LogP contribution in [-0.4, -0.2) is 83.7 Å². The van der Waals surface area contributed by atoms with Gasteiger partial charge >= 0.3 is 0 Å². The lowest BCUT2D eigenvalue weighted by atomic mass is 9.96. The Balaban J connectivity index is 1.46. The van der Waals surface area contributed by atoms with E-state index in [1.807, 2.05) is 24.3 Å². The fourth-order valence-electron chi connectivity index (χ4n) is 3.63. The molecule has 0 radical (unpaired) electrons. The third-order valence-electron chi connectivity index (χ3n) is 5.12. The molecule has 0 aromatic carbocycles. The molecule has 2 aliphatic heterocycles. The second kappa shape index (κ2) is 7.43. The third kappa shape index (κ3) is 4.59. The molecule has 25 heavy (non-hydrogen) atoms. The van der Waals surface area contributed by atoms with Crippen molar-refractivity contribution in [3.05, 3.63) is 18.0 Å². The maximum atomic E-state index is 12.7. The number of piperazine rings is 1. The van der Waals surface area contributed by atoms with E-state index < -0.39 is 10.0 Å². The molecule has 9 heteroatoms. The van der Waals surface area contributed by atoms with E-state index in [-0.39, 0.29) is 11.8 Å². The van der Waals surface area contributed by atoms with Crippen molar-refractivity contribution in [3.63, 3.8) is 0 Å². The molecule has 0 aliphatic carbocycles. The van der Waals surface area contributed by atoms with Crippen molar-refractivity contribution in [2.24, 2.45) is 13.0 Å². The van der Waals surface area contributed by atoms with Gasteiger partial charge < -0.3 is 4.90 Å². The van der Waals surface area contributed by atoms with Gasteiger partial charge in [0.25, 0.3) is 0 Å². The number of sulfonamides is 1. The first-order valence-electron chi connectivity index (χ1n) is 8.77. The molecule has 0 spiro atoms. The lowest BCUT2D eigenvalue weighted by Gasteiger charge is -2.38. The Morgan fingerprint density at radius 2 is 1.80 bits per heavy atom. The van der Waals surface area contributed by atoms with Crippen LogP contribution in [0.3, 0.4) is 0 Å². The number of piperidine rings is 1. The minimum Gasteiger partial charge on any atom is -0.340 e. The van der Waals surface area contributed by atoms with Gasteiger partial charge in [-0.15, -0.1) is 0 Å². The van der Waals surface area contributed by atoms with Crippen LogP contribution in [0.1, 0.15) is 18.4 Å². The number of rotatable bonds is 4. The smallest absolute Gasteiger partial charge is 0.225 e. The van der Waals surface area contributed by atoms with Crippen LogP contribution in [0.15, 0.2) is 12.4 Å². The van der Waals surface area contributed by atoms with E-state index >= 15 is 0 Å². The minimum absolute atomic E-state index is 0.0390. The first-order valence-corrected chi connectivity index (χ1v) is 10.6. The van der Waals surface area contributed by atoms with Crippen LogP contribution in [0.2, 0.25) is 0 Å².